The summed E-state index contributed by atoms with van der Waals surface area (Å²) in [5.41, 5.74) is 4.56. The molecule has 4 atom stereocenters. The number of hydrogen-bond acceptors (Lipinski definition) is 2. The topological polar surface area (TPSA) is 29.5 Å². The summed E-state index contributed by atoms with van der Waals surface area (Å²) >= 11 is 0. The van der Waals surface area contributed by atoms with Crippen molar-refractivity contribution < 1.29 is 9.84 Å². The minimum Gasteiger partial charge on any atom is -0.496 e. The van der Waals surface area contributed by atoms with E-state index in [1.165, 1.54) is 24.0 Å². The highest BCUT2D eigenvalue weighted by atomic mass is 16.5. The molecular formula is C20H25O2. The van der Waals surface area contributed by atoms with Crippen molar-refractivity contribution in [2.24, 2.45) is 11.3 Å². The molecule has 1 unspecified atom stereocenters. The minimum absolute atomic E-state index is 0.0731. The SMILES string of the molecule is CC[C@]12CC[C@@H]3c4cc(OC)[c]cc4CC[C@H]3C1=CCC2O. The first kappa shape index (κ1) is 14.3. The van der Waals surface area contributed by atoms with Crippen LogP contribution < -0.4 is 4.74 Å². The van der Waals surface area contributed by atoms with Crippen LogP contribution in [0.4, 0.5) is 0 Å². The Labute approximate surface area is 133 Å². The Hall–Kier alpha value is -1.28. The largest absolute Gasteiger partial charge is 0.496 e. The molecule has 3 aliphatic rings. The van der Waals surface area contributed by atoms with Crippen LogP contribution in [0.25, 0.3) is 0 Å². The molecule has 2 nitrogen and oxygen atoms in total. The molecule has 1 N–H and O–H groups in total. The summed E-state index contributed by atoms with van der Waals surface area (Å²) < 4.78 is 5.39. The number of rotatable bonds is 2. The van der Waals surface area contributed by atoms with Gasteiger partial charge in [0.25, 0.3) is 0 Å². The maximum atomic E-state index is 10.6. The third-order valence-electron chi connectivity index (χ3n) is 6.58. The zero-order valence-corrected chi connectivity index (χ0v) is 13.6. The van der Waals surface area contributed by atoms with Crippen molar-refractivity contribution in [3.63, 3.8) is 0 Å². The smallest absolute Gasteiger partial charge is 0.127 e. The van der Waals surface area contributed by atoms with E-state index in [1.54, 1.807) is 12.7 Å². The van der Waals surface area contributed by atoms with Crippen molar-refractivity contribution >= 4 is 0 Å². The molecule has 0 aromatic heterocycles. The number of aryl methyl sites for hydroxylation is 1. The molecule has 117 valence electrons. The van der Waals surface area contributed by atoms with E-state index in [0.29, 0.717) is 11.8 Å². The van der Waals surface area contributed by atoms with Crippen LogP contribution in [0.15, 0.2) is 23.8 Å². The van der Waals surface area contributed by atoms with Gasteiger partial charge in [0.1, 0.15) is 5.75 Å². The second-order valence-electron chi connectivity index (χ2n) is 7.19. The Morgan fingerprint density at radius 3 is 3.00 bits per heavy atom. The highest BCUT2D eigenvalue weighted by Crippen LogP contribution is 2.60. The molecule has 1 fully saturated rings. The molecule has 1 radical (unpaired) electrons. The number of aliphatic hydroxyl groups excluding tert-OH is 1. The molecule has 0 amide bonds. The highest BCUT2D eigenvalue weighted by Gasteiger charge is 2.51. The van der Waals surface area contributed by atoms with Crippen LogP contribution in [-0.2, 0) is 6.42 Å². The molecule has 0 saturated heterocycles. The van der Waals surface area contributed by atoms with Crippen molar-refractivity contribution in [2.75, 3.05) is 7.11 Å². The van der Waals surface area contributed by atoms with Crippen molar-refractivity contribution in [1.29, 1.82) is 0 Å². The second-order valence-corrected chi connectivity index (χ2v) is 7.19. The van der Waals surface area contributed by atoms with Gasteiger partial charge >= 0.3 is 0 Å². The Morgan fingerprint density at radius 1 is 1.36 bits per heavy atom. The van der Waals surface area contributed by atoms with Gasteiger partial charge in [-0.2, -0.15) is 0 Å². The summed E-state index contributed by atoms with van der Waals surface area (Å²) in [5, 5.41) is 10.6. The van der Waals surface area contributed by atoms with Crippen molar-refractivity contribution in [3.8, 4) is 5.75 Å². The van der Waals surface area contributed by atoms with Crippen LogP contribution >= 0.6 is 0 Å². The Balaban J connectivity index is 1.74. The fourth-order valence-electron chi connectivity index (χ4n) is 5.38. The fraction of sp³-hybridized carbons (Fsp3) is 0.600. The molecule has 1 saturated carbocycles. The van der Waals surface area contributed by atoms with Gasteiger partial charge in [-0.3, -0.25) is 0 Å². The lowest BCUT2D eigenvalue weighted by atomic mass is 9.56. The van der Waals surface area contributed by atoms with E-state index >= 15 is 0 Å². The molecule has 1 aromatic carbocycles. The van der Waals surface area contributed by atoms with Crippen LogP contribution in [0, 0.1) is 17.4 Å². The maximum absolute atomic E-state index is 10.6. The van der Waals surface area contributed by atoms with E-state index in [9.17, 15) is 5.11 Å². The van der Waals surface area contributed by atoms with Crippen molar-refractivity contribution in [2.45, 2.75) is 57.5 Å². The van der Waals surface area contributed by atoms with E-state index in [1.807, 2.05) is 0 Å². The van der Waals surface area contributed by atoms with Gasteiger partial charge in [-0.15, -0.1) is 0 Å². The quantitative estimate of drug-likeness (QED) is 0.835. The van der Waals surface area contributed by atoms with Gasteiger partial charge in [-0.1, -0.05) is 18.6 Å². The van der Waals surface area contributed by atoms with Crippen LogP contribution in [0.5, 0.6) is 5.75 Å². The molecule has 22 heavy (non-hydrogen) atoms. The van der Waals surface area contributed by atoms with Gasteiger partial charge < -0.3 is 9.84 Å². The number of methoxy groups -OCH3 is 1. The third kappa shape index (κ3) is 1.83. The van der Waals surface area contributed by atoms with E-state index < -0.39 is 0 Å². The fourth-order valence-corrected chi connectivity index (χ4v) is 5.38. The summed E-state index contributed by atoms with van der Waals surface area (Å²) in [5.74, 6) is 2.07. The summed E-state index contributed by atoms with van der Waals surface area (Å²) in [6, 6.07) is 7.57. The summed E-state index contributed by atoms with van der Waals surface area (Å²) in [6.45, 7) is 2.25. The van der Waals surface area contributed by atoms with Gasteiger partial charge in [-0.05, 0) is 73.6 Å². The highest BCUT2D eigenvalue weighted by molar-refractivity contribution is 5.43. The zero-order valence-electron chi connectivity index (χ0n) is 13.6. The zero-order chi connectivity index (χ0) is 15.3. The van der Waals surface area contributed by atoms with Crippen LogP contribution in [0.1, 0.15) is 56.1 Å². The summed E-state index contributed by atoms with van der Waals surface area (Å²) in [4.78, 5) is 0. The molecule has 1 aromatic rings. The molecule has 0 spiro atoms. The molecule has 3 aliphatic carbocycles. The van der Waals surface area contributed by atoms with Crippen molar-refractivity contribution in [1.82, 2.24) is 0 Å². The monoisotopic (exact) mass is 297 g/mol. The Kier molecular flexibility index (Phi) is 3.34. The van der Waals surface area contributed by atoms with Crippen molar-refractivity contribution in [3.05, 3.63) is 41.0 Å². The maximum Gasteiger partial charge on any atom is 0.127 e. The average molecular weight is 297 g/mol. The predicted molar refractivity (Wildman–Crippen MR) is 87.0 cm³/mol. The Morgan fingerprint density at radius 2 is 2.23 bits per heavy atom. The normalized spacial score (nSPS) is 36.1. The number of fused-ring (bicyclic) bond motifs is 5. The van der Waals surface area contributed by atoms with Gasteiger partial charge in [0, 0.05) is 11.5 Å². The number of hydrogen-bond donors (Lipinski definition) is 1. The minimum atomic E-state index is -0.159. The first-order chi connectivity index (χ1) is 10.7. The van der Waals surface area contributed by atoms with E-state index in [-0.39, 0.29) is 11.5 Å². The lowest BCUT2D eigenvalue weighted by Gasteiger charge is -2.48. The van der Waals surface area contributed by atoms with Gasteiger partial charge in [0.15, 0.2) is 0 Å². The number of benzene rings is 1. The molecular weight excluding hydrogens is 272 g/mol. The first-order valence-corrected chi connectivity index (χ1v) is 8.66. The first-order valence-electron chi connectivity index (χ1n) is 8.66. The molecule has 0 heterocycles. The lowest BCUT2D eigenvalue weighted by molar-refractivity contribution is 0.0311. The predicted octanol–water partition coefficient (Wildman–Crippen LogP) is 4.02. The van der Waals surface area contributed by atoms with Gasteiger partial charge in [0.2, 0.25) is 0 Å². The molecule has 0 aliphatic heterocycles. The Bertz CT molecular complexity index is 618. The summed E-state index contributed by atoms with van der Waals surface area (Å²) in [7, 11) is 1.72. The standard InChI is InChI=1S/C20H25O2/c1-3-20-11-10-15-16(18(20)8-9-19(20)21)7-5-13-4-6-14(22-2)12-17(13)15/h4,8,12,15-16,19,21H,3,5,7,9-11H2,1-2H3/t15-,16+,19?,20-/m0/s1. The molecule has 2 heteroatoms. The van der Waals surface area contributed by atoms with Crippen LogP contribution in [-0.4, -0.2) is 18.3 Å². The van der Waals surface area contributed by atoms with Crippen LogP contribution in [0.2, 0.25) is 0 Å². The number of aliphatic hydroxyl groups is 1. The van der Waals surface area contributed by atoms with Gasteiger partial charge in [0.05, 0.1) is 13.2 Å². The van der Waals surface area contributed by atoms with E-state index in [0.717, 1.165) is 31.4 Å². The van der Waals surface area contributed by atoms with Crippen LogP contribution in [0.3, 0.4) is 0 Å². The lowest BCUT2D eigenvalue weighted by Crippen LogP contribution is -2.41. The third-order valence-corrected chi connectivity index (χ3v) is 6.58. The average Bonchev–Trinajstić information content (AvgIpc) is 2.91. The number of ether oxygens (including phenoxy) is 1. The van der Waals surface area contributed by atoms with E-state index in [4.69, 9.17) is 4.74 Å². The molecule has 0 bridgehead atoms. The molecule has 4 rings (SSSR count). The summed E-state index contributed by atoms with van der Waals surface area (Å²) in [6.07, 6.45) is 8.79. The van der Waals surface area contributed by atoms with E-state index in [2.05, 4.69) is 31.2 Å². The second kappa shape index (κ2) is 5.13. The van der Waals surface area contributed by atoms with Gasteiger partial charge in [-0.25, -0.2) is 0 Å².